The van der Waals surface area contributed by atoms with E-state index < -0.39 is 12.0 Å². The van der Waals surface area contributed by atoms with Crippen LogP contribution in [0.15, 0.2) is 36.4 Å². The number of aromatic carboxylic acids is 1. The molecule has 3 amide bonds. The zero-order chi connectivity index (χ0) is 20.9. The maximum absolute atomic E-state index is 12.9. The summed E-state index contributed by atoms with van der Waals surface area (Å²) in [4.78, 5) is 42.4. The molecule has 0 saturated carbocycles. The van der Waals surface area contributed by atoms with Crippen molar-refractivity contribution in [3.8, 4) is 0 Å². The second-order valence-electron chi connectivity index (χ2n) is 6.80. The number of carbonyl (C=O) groups excluding carboxylic acids is 2. The van der Waals surface area contributed by atoms with Crippen LogP contribution in [0.3, 0.4) is 0 Å². The minimum atomic E-state index is -1.20. The molecule has 1 fully saturated rings. The van der Waals surface area contributed by atoms with E-state index in [1.165, 1.54) is 11.0 Å². The van der Waals surface area contributed by atoms with Crippen molar-refractivity contribution in [2.24, 2.45) is 0 Å². The van der Waals surface area contributed by atoms with Crippen LogP contribution in [-0.4, -0.2) is 39.4 Å². The Kier molecular flexibility index (Phi) is 4.72. The average Bonchev–Trinajstić information content (AvgIpc) is 3.13. The summed E-state index contributed by atoms with van der Waals surface area (Å²) in [6.45, 7) is 1.62. The number of hydrogen-bond acceptors (Lipinski definition) is 3. The van der Waals surface area contributed by atoms with Gasteiger partial charge in [0, 0.05) is 21.5 Å². The molecule has 4 rings (SSSR count). The maximum atomic E-state index is 12.9. The standard InChI is InChI=1S/C20H15Cl2N3O4/c1-10-3-2-4-12(5-10)25-16(26)9-24(20(25)29)8-13-17-14(22)6-11(21)7-15(17)23-18(13)19(27)28/h2-7,23H,8-9H2,1H3,(H,27,28). The molecule has 1 aromatic heterocycles. The summed E-state index contributed by atoms with van der Waals surface area (Å²) in [7, 11) is 0. The molecule has 0 spiro atoms. The summed E-state index contributed by atoms with van der Waals surface area (Å²) in [6.07, 6.45) is 0. The first kappa shape index (κ1) is 19.3. The van der Waals surface area contributed by atoms with Crippen LogP contribution in [0, 0.1) is 6.92 Å². The van der Waals surface area contributed by atoms with Crippen LogP contribution >= 0.6 is 23.2 Å². The Balaban J connectivity index is 1.74. The smallest absolute Gasteiger partial charge is 0.352 e. The van der Waals surface area contributed by atoms with Gasteiger partial charge in [-0.05, 0) is 36.8 Å². The van der Waals surface area contributed by atoms with E-state index in [-0.39, 0.29) is 29.7 Å². The number of aromatic amines is 1. The number of aromatic nitrogens is 1. The molecule has 0 aliphatic carbocycles. The lowest BCUT2D eigenvalue weighted by atomic mass is 10.1. The number of anilines is 1. The van der Waals surface area contributed by atoms with Crippen LogP contribution in [0.25, 0.3) is 10.9 Å². The van der Waals surface area contributed by atoms with E-state index in [2.05, 4.69) is 4.98 Å². The van der Waals surface area contributed by atoms with Gasteiger partial charge < -0.3 is 15.0 Å². The molecule has 0 unspecified atom stereocenters. The van der Waals surface area contributed by atoms with Crippen LogP contribution in [0.1, 0.15) is 21.6 Å². The van der Waals surface area contributed by atoms with Gasteiger partial charge in [0.1, 0.15) is 12.2 Å². The summed E-state index contributed by atoms with van der Waals surface area (Å²) in [5.41, 5.74) is 2.06. The number of benzene rings is 2. The highest BCUT2D eigenvalue weighted by Crippen LogP contribution is 2.34. The molecule has 7 nitrogen and oxygen atoms in total. The summed E-state index contributed by atoms with van der Waals surface area (Å²) in [5.74, 6) is -1.58. The number of nitrogens with one attached hydrogen (secondary N) is 1. The summed E-state index contributed by atoms with van der Waals surface area (Å²) in [5, 5.41) is 10.7. The molecular formula is C20H15Cl2N3O4. The molecule has 29 heavy (non-hydrogen) atoms. The number of urea groups is 1. The fraction of sp³-hybridized carbons (Fsp3) is 0.150. The molecule has 148 valence electrons. The third kappa shape index (κ3) is 3.32. The highest BCUT2D eigenvalue weighted by molar-refractivity contribution is 6.39. The fourth-order valence-electron chi connectivity index (χ4n) is 3.54. The van der Waals surface area contributed by atoms with Crippen LogP contribution < -0.4 is 4.90 Å². The van der Waals surface area contributed by atoms with Gasteiger partial charge in [0.25, 0.3) is 5.91 Å². The van der Waals surface area contributed by atoms with Crippen LogP contribution in [0.2, 0.25) is 10.0 Å². The normalized spacial score (nSPS) is 14.3. The lowest BCUT2D eigenvalue weighted by Crippen LogP contribution is -2.33. The number of H-pyrrole nitrogens is 1. The fourth-order valence-corrected chi connectivity index (χ4v) is 4.15. The van der Waals surface area contributed by atoms with E-state index in [9.17, 15) is 19.5 Å². The van der Waals surface area contributed by atoms with Crippen molar-refractivity contribution in [3.63, 3.8) is 0 Å². The second kappa shape index (κ2) is 7.09. The highest BCUT2D eigenvalue weighted by atomic mass is 35.5. The van der Waals surface area contributed by atoms with Gasteiger partial charge in [0.05, 0.1) is 17.3 Å². The van der Waals surface area contributed by atoms with Gasteiger partial charge in [-0.1, -0.05) is 35.3 Å². The van der Waals surface area contributed by atoms with Crippen molar-refractivity contribution in [2.75, 3.05) is 11.4 Å². The summed E-state index contributed by atoms with van der Waals surface area (Å²) in [6, 6.07) is 9.60. The van der Waals surface area contributed by atoms with Gasteiger partial charge in [-0.3, -0.25) is 4.79 Å². The second-order valence-corrected chi connectivity index (χ2v) is 7.64. The first-order valence-corrected chi connectivity index (χ1v) is 9.43. The Morgan fingerprint density at radius 1 is 1.21 bits per heavy atom. The number of carbonyl (C=O) groups is 3. The molecule has 1 aliphatic rings. The molecule has 2 heterocycles. The van der Waals surface area contributed by atoms with E-state index in [1.54, 1.807) is 24.3 Å². The van der Waals surface area contributed by atoms with Gasteiger partial charge in [-0.2, -0.15) is 0 Å². The third-order valence-electron chi connectivity index (χ3n) is 4.78. The predicted molar refractivity (Wildman–Crippen MR) is 110 cm³/mol. The number of imide groups is 1. The highest BCUT2D eigenvalue weighted by Gasteiger charge is 2.38. The van der Waals surface area contributed by atoms with Crippen LogP contribution in [0.4, 0.5) is 10.5 Å². The SMILES string of the molecule is Cc1cccc(N2C(=O)CN(Cc3c(C(=O)O)[nH]c4cc(Cl)cc(Cl)c34)C2=O)c1. The van der Waals surface area contributed by atoms with E-state index in [0.717, 1.165) is 10.5 Å². The van der Waals surface area contributed by atoms with Gasteiger partial charge in [0.2, 0.25) is 0 Å². The minimum absolute atomic E-state index is 0.0874. The van der Waals surface area contributed by atoms with Crippen molar-refractivity contribution in [2.45, 2.75) is 13.5 Å². The number of amides is 3. The van der Waals surface area contributed by atoms with Crippen LogP contribution in [0.5, 0.6) is 0 Å². The summed E-state index contributed by atoms with van der Waals surface area (Å²) < 4.78 is 0. The lowest BCUT2D eigenvalue weighted by Gasteiger charge is -2.18. The zero-order valence-corrected chi connectivity index (χ0v) is 16.7. The van der Waals surface area contributed by atoms with Crippen molar-refractivity contribution in [1.29, 1.82) is 0 Å². The molecule has 2 N–H and O–H groups in total. The van der Waals surface area contributed by atoms with Crippen molar-refractivity contribution in [3.05, 3.63) is 63.3 Å². The number of aryl methyl sites for hydroxylation is 1. The van der Waals surface area contributed by atoms with Crippen molar-refractivity contribution in [1.82, 2.24) is 9.88 Å². The van der Waals surface area contributed by atoms with E-state index in [1.807, 2.05) is 13.0 Å². The predicted octanol–water partition coefficient (Wildman–Crippen LogP) is 4.45. The minimum Gasteiger partial charge on any atom is -0.477 e. The number of carboxylic acid groups (broad SMARTS) is 1. The topological polar surface area (TPSA) is 93.7 Å². The third-order valence-corrected chi connectivity index (χ3v) is 5.29. The number of fused-ring (bicyclic) bond motifs is 1. The van der Waals surface area contributed by atoms with Crippen molar-refractivity contribution < 1.29 is 19.5 Å². The first-order chi connectivity index (χ1) is 13.8. The van der Waals surface area contributed by atoms with E-state index >= 15 is 0 Å². The largest absolute Gasteiger partial charge is 0.477 e. The number of carboxylic acids is 1. The van der Waals surface area contributed by atoms with E-state index in [0.29, 0.717) is 27.2 Å². The molecule has 3 aromatic rings. The first-order valence-electron chi connectivity index (χ1n) is 8.67. The molecular weight excluding hydrogens is 417 g/mol. The quantitative estimate of drug-likeness (QED) is 0.596. The maximum Gasteiger partial charge on any atom is 0.352 e. The Bertz CT molecular complexity index is 1190. The van der Waals surface area contributed by atoms with Gasteiger partial charge in [-0.15, -0.1) is 0 Å². The van der Waals surface area contributed by atoms with E-state index in [4.69, 9.17) is 23.2 Å². The van der Waals surface area contributed by atoms with Crippen LogP contribution in [-0.2, 0) is 11.3 Å². The number of rotatable bonds is 4. The number of hydrogen-bond donors (Lipinski definition) is 2. The number of nitrogens with zero attached hydrogens (tertiary/aromatic N) is 2. The number of halogens is 2. The van der Waals surface area contributed by atoms with Gasteiger partial charge >= 0.3 is 12.0 Å². The molecule has 2 aromatic carbocycles. The van der Waals surface area contributed by atoms with Gasteiger partial charge in [-0.25, -0.2) is 14.5 Å². The lowest BCUT2D eigenvalue weighted by molar-refractivity contribution is -0.116. The Morgan fingerprint density at radius 3 is 2.66 bits per heavy atom. The molecule has 0 radical (unpaired) electrons. The Morgan fingerprint density at radius 2 is 1.97 bits per heavy atom. The van der Waals surface area contributed by atoms with Gasteiger partial charge in [0.15, 0.2) is 0 Å². The molecule has 0 bridgehead atoms. The molecule has 1 aliphatic heterocycles. The molecule has 9 heteroatoms. The Labute approximate surface area is 175 Å². The summed E-state index contributed by atoms with van der Waals surface area (Å²) >= 11 is 12.3. The van der Waals surface area contributed by atoms with Crippen molar-refractivity contribution >= 4 is 57.7 Å². The Hall–Kier alpha value is -3.03. The molecule has 0 atom stereocenters. The molecule has 1 saturated heterocycles. The average molecular weight is 432 g/mol. The monoisotopic (exact) mass is 431 g/mol. The zero-order valence-electron chi connectivity index (χ0n) is 15.2.